The molecule has 6 heteroatoms. The van der Waals surface area contributed by atoms with Crippen LogP contribution in [0.1, 0.15) is 5.56 Å². The van der Waals surface area contributed by atoms with Crippen molar-refractivity contribution in [2.24, 2.45) is 5.41 Å². The third kappa shape index (κ3) is 2.04. The summed E-state index contributed by atoms with van der Waals surface area (Å²) >= 11 is 0. The lowest BCUT2D eigenvalue weighted by molar-refractivity contribution is -0.179. The molecule has 1 amide bonds. The summed E-state index contributed by atoms with van der Waals surface area (Å²) in [6.45, 7) is 0.462. The van der Waals surface area contributed by atoms with E-state index in [2.05, 4.69) is 5.32 Å². The van der Waals surface area contributed by atoms with E-state index in [1.807, 2.05) is 6.07 Å². The van der Waals surface area contributed by atoms with Crippen molar-refractivity contribution < 1.29 is 24.2 Å². The van der Waals surface area contributed by atoms with E-state index in [0.29, 0.717) is 17.9 Å². The van der Waals surface area contributed by atoms with Crippen LogP contribution in [0.15, 0.2) is 18.2 Å². The number of carbonyl (C=O) groups excluding carboxylic acids is 1. The van der Waals surface area contributed by atoms with Crippen LogP contribution in [0.4, 0.5) is 5.69 Å². The average molecular weight is 263 g/mol. The number of hydrogen-bond acceptors (Lipinski definition) is 4. The monoisotopic (exact) mass is 263 g/mol. The second-order valence-electron chi connectivity index (χ2n) is 4.92. The fourth-order valence-corrected chi connectivity index (χ4v) is 2.28. The van der Waals surface area contributed by atoms with E-state index in [1.165, 1.54) is 0 Å². The molecule has 1 aromatic carbocycles. The van der Waals surface area contributed by atoms with Gasteiger partial charge in [0, 0.05) is 0 Å². The number of anilines is 1. The van der Waals surface area contributed by atoms with Gasteiger partial charge in [-0.2, -0.15) is 0 Å². The molecular formula is C13H13NO5. The largest absolute Gasteiger partial charge is 0.482 e. The highest BCUT2D eigenvalue weighted by Crippen LogP contribution is 2.35. The molecule has 0 aliphatic carbocycles. The van der Waals surface area contributed by atoms with E-state index in [4.69, 9.17) is 9.47 Å². The first-order valence-electron chi connectivity index (χ1n) is 5.96. The first kappa shape index (κ1) is 12.0. The van der Waals surface area contributed by atoms with Crippen molar-refractivity contribution >= 4 is 17.6 Å². The van der Waals surface area contributed by atoms with Crippen molar-refractivity contribution in [2.75, 3.05) is 25.1 Å². The first-order chi connectivity index (χ1) is 9.09. The van der Waals surface area contributed by atoms with Crippen LogP contribution in [0.2, 0.25) is 0 Å². The highest BCUT2D eigenvalue weighted by atomic mass is 16.5. The molecule has 3 rings (SSSR count). The molecular weight excluding hydrogens is 250 g/mol. The van der Waals surface area contributed by atoms with Crippen LogP contribution < -0.4 is 10.1 Å². The van der Waals surface area contributed by atoms with E-state index in [0.717, 1.165) is 5.56 Å². The number of ether oxygens (including phenoxy) is 2. The molecule has 0 unspecified atom stereocenters. The molecule has 6 nitrogen and oxygen atoms in total. The van der Waals surface area contributed by atoms with Gasteiger partial charge in [-0.05, 0) is 24.1 Å². The number of carboxylic acid groups (broad SMARTS) is 1. The lowest BCUT2D eigenvalue weighted by atomic mass is 9.80. The molecule has 0 radical (unpaired) electrons. The van der Waals surface area contributed by atoms with Gasteiger partial charge in [-0.25, -0.2) is 0 Å². The number of hydrogen-bond donors (Lipinski definition) is 2. The molecule has 100 valence electrons. The number of carboxylic acids is 1. The number of aliphatic carboxylic acids is 1. The Labute approximate surface area is 109 Å². The molecule has 2 N–H and O–H groups in total. The minimum atomic E-state index is -0.850. The quantitative estimate of drug-likeness (QED) is 0.836. The SMILES string of the molecule is O=C1COc2ccc(CC3(C(=O)O)COC3)cc2N1. The summed E-state index contributed by atoms with van der Waals surface area (Å²) in [4.78, 5) is 22.5. The van der Waals surface area contributed by atoms with E-state index in [-0.39, 0.29) is 25.7 Å². The molecule has 1 fully saturated rings. The first-order valence-corrected chi connectivity index (χ1v) is 5.96. The summed E-state index contributed by atoms with van der Waals surface area (Å²) in [6.07, 6.45) is 0.380. The van der Waals surface area contributed by atoms with E-state index in [1.54, 1.807) is 12.1 Å². The molecule has 1 saturated heterocycles. The fraction of sp³-hybridized carbons (Fsp3) is 0.385. The van der Waals surface area contributed by atoms with Gasteiger partial charge in [0.05, 0.1) is 18.9 Å². The van der Waals surface area contributed by atoms with Crippen molar-refractivity contribution in [2.45, 2.75) is 6.42 Å². The van der Waals surface area contributed by atoms with Crippen molar-refractivity contribution in [3.8, 4) is 5.75 Å². The number of carbonyl (C=O) groups is 2. The Morgan fingerprint density at radius 2 is 2.21 bits per heavy atom. The average Bonchev–Trinajstić information content (AvgIpc) is 2.32. The molecule has 2 aliphatic heterocycles. The van der Waals surface area contributed by atoms with Crippen molar-refractivity contribution in [1.82, 2.24) is 0 Å². The van der Waals surface area contributed by atoms with Gasteiger partial charge in [0.25, 0.3) is 5.91 Å². The maximum Gasteiger partial charge on any atom is 0.314 e. The number of nitrogens with one attached hydrogen (secondary N) is 1. The van der Waals surface area contributed by atoms with Crippen LogP contribution >= 0.6 is 0 Å². The number of benzene rings is 1. The molecule has 2 aliphatic rings. The molecule has 1 aromatic rings. The molecule has 0 atom stereocenters. The summed E-state index contributed by atoms with van der Waals surface area (Å²) in [5.41, 5.74) is 0.595. The Morgan fingerprint density at radius 1 is 1.42 bits per heavy atom. The van der Waals surface area contributed by atoms with Crippen LogP contribution in [0.25, 0.3) is 0 Å². The summed E-state index contributed by atoms with van der Waals surface area (Å²) in [5.74, 6) is -0.445. The third-order valence-corrected chi connectivity index (χ3v) is 3.43. The molecule has 0 saturated carbocycles. The number of rotatable bonds is 3. The molecule has 0 aromatic heterocycles. The third-order valence-electron chi connectivity index (χ3n) is 3.43. The van der Waals surface area contributed by atoms with Gasteiger partial charge in [-0.3, -0.25) is 9.59 Å². The molecule has 0 bridgehead atoms. The summed E-state index contributed by atoms with van der Waals surface area (Å²) in [6, 6.07) is 5.33. The van der Waals surface area contributed by atoms with E-state index >= 15 is 0 Å². The highest BCUT2D eigenvalue weighted by molar-refractivity contribution is 5.95. The molecule has 19 heavy (non-hydrogen) atoms. The maximum absolute atomic E-state index is 11.3. The molecule has 2 heterocycles. The minimum absolute atomic E-state index is 0.0131. The lowest BCUT2D eigenvalue weighted by Crippen LogP contribution is -2.50. The summed E-state index contributed by atoms with van der Waals surface area (Å²) in [7, 11) is 0. The van der Waals surface area contributed by atoms with Crippen LogP contribution in [0.3, 0.4) is 0 Å². The Bertz CT molecular complexity index is 550. The van der Waals surface area contributed by atoms with Gasteiger partial charge >= 0.3 is 5.97 Å². The molecule has 0 spiro atoms. The standard InChI is InChI=1S/C13H13NO5/c15-11-5-19-10-2-1-8(3-9(10)14-11)4-13(12(16)17)6-18-7-13/h1-3H,4-7H2,(H,14,15)(H,16,17). The second-order valence-corrected chi connectivity index (χ2v) is 4.92. The van der Waals surface area contributed by atoms with Crippen LogP contribution in [-0.2, 0) is 20.7 Å². The fourth-order valence-electron chi connectivity index (χ4n) is 2.28. The van der Waals surface area contributed by atoms with Crippen molar-refractivity contribution in [3.05, 3.63) is 23.8 Å². The number of fused-ring (bicyclic) bond motifs is 1. The van der Waals surface area contributed by atoms with E-state index < -0.39 is 11.4 Å². The Balaban J connectivity index is 1.84. The van der Waals surface area contributed by atoms with Gasteiger partial charge in [-0.1, -0.05) is 6.07 Å². The highest BCUT2D eigenvalue weighted by Gasteiger charge is 2.46. The normalized spacial score (nSPS) is 19.7. The maximum atomic E-state index is 11.3. The van der Waals surface area contributed by atoms with E-state index in [9.17, 15) is 14.7 Å². The zero-order chi connectivity index (χ0) is 13.5. The van der Waals surface area contributed by atoms with Crippen molar-refractivity contribution in [3.63, 3.8) is 0 Å². The summed E-state index contributed by atoms with van der Waals surface area (Å²) < 4.78 is 10.3. The van der Waals surface area contributed by atoms with Gasteiger partial charge in [0.1, 0.15) is 11.2 Å². The topological polar surface area (TPSA) is 84.9 Å². The number of amides is 1. The van der Waals surface area contributed by atoms with Crippen LogP contribution in [0.5, 0.6) is 5.75 Å². The van der Waals surface area contributed by atoms with Gasteiger partial charge in [0.15, 0.2) is 6.61 Å². The predicted molar refractivity (Wildman–Crippen MR) is 65.2 cm³/mol. The zero-order valence-electron chi connectivity index (χ0n) is 10.1. The minimum Gasteiger partial charge on any atom is -0.482 e. The van der Waals surface area contributed by atoms with Crippen molar-refractivity contribution in [1.29, 1.82) is 0 Å². The van der Waals surface area contributed by atoms with Gasteiger partial charge in [0.2, 0.25) is 0 Å². The Kier molecular flexibility index (Phi) is 2.67. The van der Waals surface area contributed by atoms with Gasteiger partial charge < -0.3 is 19.9 Å². The van der Waals surface area contributed by atoms with Crippen LogP contribution in [-0.4, -0.2) is 36.8 Å². The van der Waals surface area contributed by atoms with Crippen LogP contribution in [0, 0.1) is 5.41 Å². The second kappa shape index (κ2) is 4.24. The Morgan fingerprint density at radius 3 is 2.84 bits per heavy atom. The lowest BCUT2D eigenvalue weighted by Gasteiger charge is -2.37. The smallest absolute Gasteiger partial charge is 0.314 e. The Hall–Kier alpha value is -2.08. The predicted octanol–water partition coefficient (Wildman–Crippen LogP) is 0.661. The summed E-state index contributed by atoms with van der Waals surface area (Å²) in [5, 5.41) is 12.0. The zero-order valence-corrected chi connectivity index (χ0v) is 10.1. The van der Waals surface area contributed by atoms with Gasteiger partial charge in [-0.15, -0.1) is 0 Å².